The van der Waals surface area contributed by atoms with Crippen molar-refractivity contribution in [3.8, 4) is 0 Å². The summed E-state index contributed by atoms with van der Waals surface area (Å²) in [4.78, 5) is 0. The van der Waals surface area contributed by atoms with E-state index in [2.05, 4.69) is 5.32 Å². The van der Waals surface area contributed by atoms with Gasteiger partial charge in [0.1, 0.15) is 5.82 Å². The predicted molar refractivity (Wildman–Crippen MR) is 81.3 cm³/mol. The summed E-state index contributed by atoms with van der Waals surface area (Å²) < 4.78 is 13.1. The van der Waals surface area contributed by atoms with Crippen LogP contribution in [0, 0.1) is 5.82 Å². The van der Waals surface area contributed by atoms with Gasteiger partial charge in [0.15, 0.2) is 0 Å². The summed E-state index contributed by atoms with van der Waals surface area (Å²) in [6, 6.07) is 9.28. The van der Waals surface area contributed by atoms with Crippen molar-refractivity contribution in [1.29, 1.82) is 0 Å². The summed E-state index contributed by atoms with van der Waals surface area (Å²) in [5, 5.41) is 13.8. The topological polar surface area (TPSA) is 32.3 Å². The zero-order chi connectivity index (χ0) is 14.7. The molecule has 1 unspecified atom stereocenters. The molecule has 2 aromatic carbocycles. The van der Waals surface area contributed by atoms with Gasteiger partial charge in [-0.3, -0.25) is 0 Å². The number of anilines is 1. The van der Waals surface area contributed by atoms with Gasteiger partial charge in [0.2, 0.25) is 0 Å². The maximum absolute atomic E-state index is 13.1. The van der Waals surface area contributed by atoms with Gasteiger partial charge in [-0.1, -0.05) is 53.0 Å². The van der Waals surface area contributed by atoms with Gasteiger partial charge in [-0.25, -0.2) is 4.39 Å². The normalized spacial score (nSPS) is 12.2. The molecule has 2 N–H and O–H groups in total. The van der Waals surface area contributed by atoms with E-state index in [4.69, 9.17) is 34.8 Å². The molecule has 0 spiro atoms. The van der Waals surface area contributed by atoms with Crippen LogP contribution in [-0.2, 0) is 0 Å². The minimum absolute atomic E-state index is 0.148. The molecule has 20 heavy (non-hydrogen) atoms. The Morgan fingerprint density at radius 1 is 1.05 bits per heavy atom. The summed E-state index contributed by atoms with van der Waals surface area (Å²) in [6.45, 7) is 0.148. The molecule has 6 heteroatoms. The number of hydrogen-bond acceptors (Lipinski definition) is 2. The molecule has 0 bridgehead atoms. The van der Waals surface area contributed by atoms with Crippen molar-refractivity contribution in [2.75, 3.05) is 11.9 Å². The first kappa shape index (κ1) is 15.4. The van der Waals surface area contributed by atoms with E-state index in [-0.39, 0.29) is 16.6 Å². The molecular formula is C14H11Cl3FNO. The number of nitrogens with one attached hydrogen (secondary N) is 1. The van der Waals surface area contributed by atoms with Crippen LogP contribution in [0.5, 0.6) is 0 Å². The third-order valence-electron chi connectivity index (χ3n) is 2.74. The first-order valence-electron chi connectivity index (χ1n) is 5.80. The van der Waals surface area contributed by atoms with Crippen molar-refractivity contribution in [2.45, 2.75) is 6.10 Å². The smallest absolute Gasteiger partial charge is 0.126 e. The van der Waals surface area contributed by atoms with Gasteiger partial charge >= 0.3 is 0 Å². The number of halogens is 4. The molecule has 0 radical (unpaired) electrons. The highest BCUT2D eigenvalue weighted by Crippen LogP contribution is 2.32. The Kier molecular flexibility index (Phi) is 5.11. The van der Waals surface area contributed by atoms with Crippen molar-refractivity contribution in [3.63, 3.8) is 0 Å². The molecule has 0 aliphatic heterocycles. The van der Waals surface area contributed by atoms with Crippen molar-refractivity contribution in [1.82, 2.24) is 0 Å². The second kappa shape index (κ2) is 6.64. The van der Waals surface area contributed by atoms with Crippen LogP contribution in [0.3, 0.4) is 0 Å². The lowest BCUT2D eigenvalue weighted by molar-refractivity contribution is 0.192. The average Bonchev–Trinajstić information content (AvgIpc) is 2.37. The fraction of sp³-hybridized carbons (Fsp3) is 0.143. The van der Waals surface area contributed by atoms with Crippen LogP contribution in [0.25, 0.3) is 0 Å². The first-order valence-corrected chi connectivity index (χ1v) is 6.93. The number of aliphatic hydroxyl groups is 1. The van der Waals surface area contributed by atoms with E-state index >= 15 is 0 Å². The standard InChI is InChI=1S/C14H11Cl3FNO/c15-10-4-2-1-3-9(10)13(20)7-19-14-11(16)5-8(18)6-12(14)17/h1-6,13,19-20H,7H2. The highest BCUT2D eigenvalue weighted by atomic mass is 35.5. The number of rotatable bonds is 4. The molecule has 1 atom stereocenters. The van der Waals surface area contributed by atoms with Crippen molar-refractivity contribution >= 4 is 40.5 Å². The van der Waals surface area contributed by atoms with Crippen molar-refractivity contribution in [3.05, 3.63) is 62.8 Å². The molecule has 0 heterocycles. The molecule has 0 aliphatic carbocycles. The lowest BCUT2D eigenvalue weighted by atomic mass is 10.1. The Morgan fingerprint density at radius 3 is 2.25 bits per heavy atom. The van der Waals surface area contributed by atoms with E-state index in [1.165, 1.54) is 0 Å². The third-order valence-corrected chi connectivity index (χ3v) is 3.68. The van der Waals surface area contributed by atoms with Gasteiger partial charge in [0, 0.05) is 17.1 Å². The lowest BCUT2D eigenvalue weighted by Gasteiger charge is -2.16. The second-order valence-corrected chi connectivity index (χ2v) is 5.38. The fourth-order valence-corrected chi connectivity index (χ4v) is 2.62. The number of hydrogen-bond donors (Lipinski definition) is 2. The Balaban J connectivity index is 2.12. The van der Waals surface area contributed by atoms with Gasteiger partial charge in [0.05, 0.1) is 21.8 Å². The van der Waals surface area contributed by atoms with Crippen LogP contribution in [-0.4, -0.2) is 11.7 Å². The maximum atomic E-state index is 13.1. The van der Waals surface area contributed by atoms with Gasteiger partial charge in [-0.15, -0.1) is 0 Å². The van der Waals surface area contributed by atoms with Crippen molar-refractivity contribution < 1.29 is 9.50 Å². The zero-order valence-electron chi connectivity index (χ0n) is 10.2. The van der Waals surface area contributed by atoms with Crippen LogP contribution >= 0.6 is 34.8 Å². The van der Waals surface area contributed by atoms with Crippen LogP contribution in [0.4, 0.5) is 10.1 Å². The maximum Gasteiger partial charge on any atom is 0.126 e. The quantitative estimate of drug-likeness (QED) is 0.831. The predicted octanol–water partition coefficient (Wildman–Crippen LogP) is 4.93. The average molecular weight is 335 g/mol. The van der Waals surface area contributed by atoms with E-state index < -0.39 is 11.9 Å². The van der Waals surface area contributed by atoms with Gasteiger partial charge in [0.25, 0.3) is 0 Å². The molecule has 2 nitrogen and oxygen atoms in total. The molecule has 0 aliphatic rings. The monoisotopic (exact) mass is 333 g/mol. The van der Waals surface area contributed by atoms with E-state index in [1.54, 1.807) is 24.3 Å². The van der Waals surface area contributed by atoms with E-state index in [0.717, 1.165) is 12.1 Å². The molecule has 0 aromatic heterocycles. The summed E-state index contributed by atoms with van der Waals surface area (Å²) in [5.41, 5.74) is 0.969. The Bertz CT molecular complexity index is 598. The summed E-state index contributed by atoms with van der Waals surface area (Å²) in [6.07, 6.45) is -0.833. The summed E-state index contributed by atoms with van der Waals surface area (Å²) in [7, 11) is 0. The van der Waals surface area contributed by atoms with Gasteiger partial charge in [-0.2, -0.15) is 0 Å². The van der Waals surface area contributed by atoms with E-state index in [0.29, 0.717) is 16.3 Å². The largest absolute Gasteiger partial charge is 0.387 e. The fourth-order valence-electron chi connectivity index (χ4n) is 1.77. The van der Waals surface area contributed by atoms with E-state index in [9.17, 15) is 9.50 Å². The SMILES string of the molecule is OC(CNc1c(Cl)cc(F)cc1Cl)c1ccccc1Cl. The van der Waals surface area contributed by atoms with Crippen LogP contribution < -0.4 is 5.32 Å². The van der Waals surface area contributed by atoms with Crippen LogP contribution in [0.1, 0.15) is 11.7 Å². The molecule has 0 saturated heterocycles. The van der Waals surface area contributed by atoms with Crippen LogP contribution in [0.15, 0.2) is 36.4 Å². The molecular weight excluding hydrogens is 324 g/mol. The minimum Gasteiger partial charge on any atom is -0.387 e. The molecule has 2 aromatic rings. The summed E-state index contributed by atoms with van der Waals surface area (Å²) in [5.74, 6) is -0.516. The highest BCUT2D eigenvalue weighted by molar-refractivity contribution is 6.39. The Labute approximate surface area is 131 Å². The van der Waals surface area contributed by atoms with E-state index in [1.807, 2.05) is 0 Å². The minimum atomic E-state index is -0.833. The Hall–Kier alpha value is -1.00. The highest BCUT2D eigenvalue weighted by Gasteiger charge is 2.13. The van der Waals surface area contributed by atoms with Gasteiger partial charge in [-0.05, 0) is 18.2 Å². The lowest BCUT2D eigenvalue weighted by Crippen LogP contribution is -2.13. The van der Waals surface area contributed by atoms with Crippen LogP contribution in [0.2, 0.25) is 15.1 Å². The number of aliphatic hydroxyl groups excluding tert-OH is 1. The molecule has 0 fully saturated rings. The second-order valence-electron chi connectivity index (χ2n) is 4.16. The molecule has 2 rings (SSSR count). The molecule has 106 valence electrons. The Morgan fingerprint density at radius 2 is 1.65 bits per heavy atom. The molecule has 0 amide bonds. The molecule has 0 saturated carbocycles. The van der Waals surface area contributed by atoms with Gasteiger partial charge < -0.3 is 10.4 Å². The van der Waals surface area contributed by atoms with Crippen molar-refractivity contribution in [2.24, 2.45) is 0 Å². The third kappa shape index (κ3) is 3.55. The number of benzene rings is 2. The first-order chi connectivity index (χ1) is 9.49. The summed E-state index contributed by atoms with van der Waals surface area (Å²) >= 11 is 17.8. The zero-order valence-corrected chi connectivity index (χ0v) is 12.5.